The van der Waals surface area contributed by atoms with Gasteiger partial charge in [0.05, 0.1) is 5.52 Å². The maximum atomic E-state index is 12.8. The third-order valence-electron chi connectivity index (χ3n) is 4.85. The highest BCUT2D eigenvalue weighted by molar-refractivity contribution is 7.90. The van der Waals surface area contributed by atoms with Crippen molar-refractivity contribution < 1.29 is 13.2 Å². The molecule has 0 bridgehead atoms. The number of nitrogens with zero attached hydrogens (tertiary/aromatic N) is 2. The number of imidazole rings is 1. The van der Waals surface area contributed by atoms with Crippen molar-refractivity contribution in [3.63, 3.8) is 0 Å². The van der Waals surface area contributed by atoms with Crippen LogP contribution in [-0.2, 0) is 9.84 Å². The Balaban J connectivity index is 0.00000243. The van der Waals surface area contributed by atoms with E-state index in [2.05, 4.69) is 10.3 Å². The minimum absolute atomic E-state index is 0. The smallest absolute Gasteiger partial charge is 0.272 e. The van der Waals surface area contributed by atoms with Gasteiger partial charge in [0.15, 0.2) is 5.69 Å². The predicted octanol–water partition coefficient (Wildman–Crippen LogP) is 1.80. The summed E-state index contributed by atoms with van der Waals surface area (Å²) in [4.78, 5) is 16.9. The van der Waals surface area contributed by atoms with Gasteiger partial charge in [-0.15, -0.1) is 12.4 Å². The van der Waals surface area contributed by atoms with E-state index in [-0.39, 0.29) is 35.2 Å². The Bertz CT molecular complexity index is 875. The fraction of sp³-hybridized carbons (Fsp3) is 0.529. The standard InChI is InChI=1S/C17H24N4O3S.ClH/c1-25(23,24)17-20-15(14-9-5-6-10-21(14)17)16(22)19-13(11-18)12-7-3-2-4-8-12;/h5-6,9-10,12-13H,2-4,7-8,11,18H2,1H3,(H,19,22);1H. The largest absolute Gasteiger partial charge is 0.346 e. The average molecular weight is 401 g/mol. The lowest BCUT2D eigenvalue weighted by Crippen LogP contribution is -2.46. The molecule has 26 heavy (non-hydrogen) atoms. The van der Waals surface area contributed by atoms with E-state index in [0.29, 0.717) is 18.0 Å². The Kier molecular flexibility index (Phi) is 6.65. The molecule has 2 aromatic heterocycles. The summed E-state index contributed by atoms with van der Waals surface area (Å²) in [6.45, 7) is 0.362. The Morgan fingerprint density at radius 1 is 1.35 bits per heavy atom. The molecule has 1 unspecified atom stereocenters. The van der Waals surface area contributed by atoms with Gasteiger partial charge >= 0.3 is 0 Å². The van der Waals surface area contributed by atoms with Gasteiger partial charge in [-0.25, -0.2) is 13.4 Å². The van der Waals surface area contributed by atoms with Gasteiger partial charge in [-0.3, -0.25) is 9.20 Å². The minimum atomic E-state index is -3.55. The number of pyridine rings is 1. The monoisotopic (exact) mass is 400 g/mol. The van der Waals surface area contributed by atoms with Crippen molar-refractivity contribution in [3.05, 3.63) is 30.1 Å². The molecule has 0 radical (unpaired) electrons. The molecule has 144 valence electrons. The lowest BCUT2D eigenvalue weighted by molar-refractivity contribution is 0.0912. The van der Waals surface area contributed by atoms with Gasteiger partial charge in [-0.05, 0) is 30.9 Å². The Labute approximate surface area is 159 Å². The first-order chi connectivity index (χ1) is 11.9. The molecule has 7 nitrogen and oxygen atoms in total. The van der Waals surface area contributed by atoms with Crippen LogP contribution in [-0.4, -0.2) is 42.6 Å². The number of hydrogen-bond donors (Lipinski definition) is 2. The Morgan fingerprint density at radius 3 is 2.65 bits per heavy atom. The van der Waals surface area contributed by atoms with Crippen LogP contribution in [0.15, 0.2) is 29.6 Å². The Hall–Kier alpha value is -1.64. The van der Waals surface area contributed by atoms with Crippen molar-refractivity contribution in [3.8, 4) is 0 Å². The molecule has 9 heteroatoms. The number of fused-ring (bicyclic) bond motifs is 1. The number of carbonyl (C=O) groups is 1. The molecule has 3 rings (SSSR count). The third kappa shape index (κ3) is 4.19. The predicted molar refractivity (Wildman–Crippen MR) is 102 cm³/mol. The van der Waals surface area contributed by atoms with Crippen LogP contribution >= 0.6 is 12.4 Å². The fourth-order valence-corrected chi connectivity index (χ4v) is 4.35. The maximum Gasteiger partial charge on any atom is 0.272 e. The molecule has 2 aromatic rings. The fourth-order valence-electron chi connectivity index (χ4n) is 3.58. The zero-order valence-corrected chi connectivity index (χ0v) is 16.4. The summed E-state index contributed by atoms with van der Waals surface area (Å²) < 4.78 is 25.4. The second kappa shape index (κ2) is 8.37. The normalized spacial score (nSPS) is 16.8. The minimum Gasteiger partial charge on any atom is -0.346 e. The van der Waals surface area contributed by atoms with Gasteiger partial charge < -0.3 is 11.1 Å². The highest BCUT2D eigenvalue weighted by Crippen LogP contribution is 2.26. The molecule has 0 aliphatic heterocycles. The number of carbonyl (C=O) groups excluding carboxylic acids is 1. The molecular formula is C17H25ClN4O3S. The second-order valence-corrected chi connectivity index (χ2v) is 8.59. The molecule has 2 heterocycles. The van der Waals surface area contributed by atoms with Gasteiger partial charge in [0.1, 0.15) is 0 Å². The van der Waals surface area contributed by atoms with E-state index in [1.54, 1.807) is 24.4 Å². The second-order valence-electron chi connectivity index (χ2n) is 6.68. The molecule has 1 fully saturated rings. The van der Waals surface area contributed by atoms with Gasteiger partial charge in [-0.1, -0.05) is 25.3 Å². The molecular weight excluding hydrogens is 376 g/mol. The molecule has 1 atom stereocenters. The summed E-state index contributed by atoms with van der Waals surface area (Å²) in [6.07, 6.45) is 8.33. The third-order valence-corrected chi connectivity index (χ3v) is 5.80. The van der Waals surface area contributed by atoms with E-state index in [1.165, 1.54) is 10.8 Å². The SMILES string of the molecule is CS(=O)(=O)c1nc(C(=O)NC(CN)C2CCCCC2)c2ccccn12.Cl. The van der Waals surface area contributed by atoms with Crippen molar-refractivity contribution in [2.45, 2.75) is 43.3 Å². The number of hydrogen-bond acceptors (Lipinski definition) is 5. The van der Waals surface area contributed by atoms with E-state index in [9.17, 15) is 13.2 Å². The summed E-state index contributed by atoms with van der Waals surface area (Å²) in [7, 11) is -3.55. The lowest BCUT2D eigenvalue weighted by atomic mass is 9.84. The number of halogens is 1. The van der Waals surface area contributed by atoms with Crippen molar-refractivity contribution in [1.29, 1.82) is 0 Å². The quantitative estimate of drug-likeness (QED) is 0.795. The Morgan fingerprint density at radius 2 is 2.04 bits per heavy atom. The van der Waals surface area contributed by atoms with Crippen LogP contribution in [0.3, 0.4) is 0 Å². The van der Waals surface area contributed by atoms with Crippen LogP contribution in [0.1, 0.15) is 42.6 Å². The maximum absolute atomic E-state index is 12.8. The number of nitrogens with one attached hydrogen (secondary N) is 1. The lowest BCUT2D eigenvalue weighted by Gasteiger charge is -2.29. The highest BCUT2D eigenvalue weighted by atomic mass is 35.5. The summed E-state index contributed by atoms with van der Waals surface area (Å²) in [5, 5.41) is 2.85. The van der Waals surface area contributed by atoms with E-state index in [0.717, 1.165) is 31.9 Å². The van der Waals surface area contributed by atoms with Crippen molar-refractivity contribution in [2.24, 2.45) is 11.7 Å². The van der Waals surface area contributed by atoms with Crippen molar-refractivity contribution >= 4 is 33.7 Å². The highest BCUT2D eigenvalue weighted by Gasteiger charge is 2.27. The number of nitrogens with two attached hydrogens (primary N) is 1. The van der Waals surface area contributed by atoms with Gasteiger partial charge in [0.25, 0.3) is 5.91 Å². The molecule has 1 aliphatic carbocycles. The molecule has 1 aliphatic rings. The average Bonchev–Trinajstić information content (AvgIpc) is 3.00. The van der Waals surface area contributed by atoms with Crippen molar-refractivity contribution in [1.82, 2.24) is 14.7 Å². The first-order valence-electron chi connectivity index (χ1n) is 8.60. The van der Waals surface area contributed by atoms with Crippen LogP contribution in [0, 0.1) is 5.92 Å². The van der Waals surface area contributed by atoms with Crippen LogP contribution in [0.5, 0.6) is 0 Å². The zero-order chi connectivity index (χ0) is 18.0. The van der Waals surface area contributed by atoms with E-state index < -0.39 is 9.84 Å². The van der Waals surface area contributed by atoms with E-state index >= 15 is 0 Å². The number of rotatable bonds is 5. The van der Waals surface area contributed by atoms with Crippen LogP contribution in [0.25, 0.3) is 5.52 Å². The first-order valence-corrected chi connectivity index (χ1v) is 10.5. The van der Waals surface area contributed by atoms with E-state index in [1.807, 2.05) is 0 Å². The molecule has 0 saturated heterocycles. The van der Waals surface area contributed by atoms with E-state index in [4.69, 9.17) is 5.73 Å². The number of sulfone groups is 1. The number of amides is 1. The first kappa shape index (κ1) is 20.7. The van der Waals surface area contributed by atoms with Crippen LogP contribution in [0.4, 0.5) is 0 Å². The van der Waals surface area contributed by atoms with Gasteiger partial charge in [0.2, 0.25) is 15.0 Å². The summed E-state index contributed by atoms with van der Waals surface area (Å²) >= 11 is 0. The molecule has 3 N–H and O–H groups in total. The van der Waals surface area contributed by atoms with Crippen molar-refractivity contribution in [2.75, 3.05) is 12.8 Å². The molecule has 1 amide bonds. The topological polar surface area (TPSA) is 107 Å². The van der Waals surface area contributed by atoms with Crippen LogP contribution < -0.4 is 11.1 Å². The zero-order valence-electron chi connectivity index (χ0n) is 14.7. The van der Waals surface area contributed by atoms with Gasteiger partial charge in [0, 0.05) is 25.0 Å². The van der Waals surface area contributed by atoms with Gasteiger partial charge in [-0.2, -0.15) is 0 Å². The molecule has 1 saturated carbocycles. The summed E-state index contributed by atoms with van der Waals surface area (Å²) in [6, 6.07) is 5.03. The summed E-state index contributed by atoms with van der Waals surface area (Å²) in [5.74, 6) is -0.00872. The molecule has 0 aromatic carbocycles. The number of aromatic nitrogens is 2. The summed E-state index contributed by atoms with van der Waals surface area (Å²) in [5.41, 5.74) is 6.47. The molecule has 0 spiro atoms. The van der Waals surface area contributed by atoms with Crippen LogP contribution in [0.2, 0.25) is 0 Å².